The van der Waals surface area contributed by atoms with Crippen molar-refractivity contribution in [3.63, 3.8) is 0 Å². The molecule has 1 aliphatic carbocycles. The van der Waals surface area contributed by atoms with Crippen LogP contribution in [-0.4, -0.2) is 6.04 Å². The van der Waals surface area contributed by atoms with Gasteiger partial charge in [-0.1, -0.05) is 45.0 Å². The van der Waals surface area contributed by atoms with Gasteiger partial charge in [0, 0.05) is 6.04 Å². The Morgan fingerprint density at radius 2 is 1.56 bits per heavy atom. The monoisotopic (exact) mass is 245 g/mol. The van der Waals surface area contributed by atoms with E-state index in [1.807, 2.05) is 0 Å². The number of rotatable bonds is 2. The molecule has 0 amide bonds. The Kier molecular flexibility index (Phi) is 4.11. The number of hydrogen-bond donors (Lipinski definition) is 1. The van der Waals surface area contributed by atoms with Gasteiger partial charge >= 0.3 is 0 Å². The molecule has 1 aromatic carbocycles. The molecule has 18 heavy (non-hydrogen) atoms. The van der Waals surface area contributed by atoms with Crippen molar-refractivity contribution >= 4 is 0 Å². The molecule has 1 heteroatoms. The topological polar surface area (TPSA) is 26.0 Å². The summed E-state index contributed by atoms with van der Waals surface area (Å²) in [6.45, 7) is 6.81. The minimum atomic E-state index is 0.260. The standard InChI is InChI=1S/C17H27N/c1-17(2,3)15-8-4-13(5-9-15)12-14-6-10-16(18)11-7-14/h4-5,8-9,14,16H,6-7,10-12,18H2,1-3H3. The summed E-state index contributed by atoms with van der Waals surface area (Å²) < 4.78 is 0. The SMILES string of the molecule is CC(C)(C)c1ccc(CC2CCC(N)CC2)cc1. The zero-order valence-electron chi connectivity index (χ0n) is 12.1. The summed E-state index contributed by atoms with van der Waals surface area (Å²) in [6, 6.07) is 9.68. The van der Waals surface area contributed by atoms with Crippen molar-refractivity contribution in [1.82, 2.24) is 0 Å². The maximum absolute atomic E-state index is 5.96. The predicted octanol–water partition coefficient (Wildman–Crippen LogP) is 4.04. The third-order valence-corrected chi connectivity index (χ3v) is 4.24. The highest BCUT2D eigenvalue weighted by molar-refractivity contribution is 5.27. The quantitative estimate of drug-likeness (QED) is 0.836. The third kappa shape index (κ3) is 3.58. The van der Waals surface area contributed by atoms with Crippen molar-refractivity contribution in [2.75, 3.05) is 0 Å². The molecule has 0 atom stereocenters. The van der Waals surface area contributed by atoms with Gasteiger partial charge in [0.15, 0.2) is 0 Å². The molecular weight excluding hydrogens is 218 g/mol. The molecule has 0 aromatic heterocycles. The molecule has 1 nitrogen and oxygen atoms in total. The van der Waals surface area contributed by atoms with Crippen LogP contribution in [0.5, 0.6) is 0 Å². The smallest absolute Gasteiger partial charge is 0.00390 e. The summed E-state index contributed by atoms with van der Waals surface area (Å²) in [7, 11) is 0. The minimum Gasteiger partial charge on any atom is -0.328 e. The molecule has 2 rings (SSSR count). The highest BCUT2D eigenvalue weighted by atomic mass is 14.6. The van der Waals surface area contributed by atoms with E-state index in [4.69, 9.17) is 5.73 Å². The van der Waals surface area contributed by atoms with Crippen molar-refractivity contribution in [3.8, 4) is 0 Å². The van der Waals surface area contributed by atoms with Crippen LogP contribution in [0.15, 0.2) is 24.3 Å². The fraction of sp³-hybridized carbons (Fsp3) is 0.647. The average Bonchev–Trinajstić information content (AvgIpc) is 2.32. The molecular formula is C17H27N. The maximum Gasteiger partial charge on any atom is 0.00390 e. The lowest BCUT2D eigenvalue weighted by Gasteiger charge is -2.26. The fourth-order valence-corrected chi connectivity index (χ4v) is 2.87. The van der Waals surface area contributed by atoms with E-state index in [0.717, 1.165) is 5.92 Å². The lowest BCUT2D eigenvalue weighted by atomic mass is 9.81. The van der Waals surface area contributed by atoms with Crippen LogP contribution in [0.4, 0.5) is 0 Å². The van der Waals surface area contributed by atoms with E-state index in [1.54, 1.807) is 0 Å². The molecule has 0 aliphatic heterocycles. The molecule has 0 spiro atoms. The summed E-state index contributed by atoms with van der Waals surface area (Å²) >= 11 is 0. The van der Waals surface area contributed by atoms with Crippen molar-refractivity contribution in [2.45, 2.75) is 64.3 Å². The van der Waals surface area contributed by atoms with Gasteiger partial charge < -0.3 is 5.73 Å². The van der Waals surface area contributed by atoms with Gasteiger partial charge in [0.25, 0.3) is 0 Å². The van der Waals surface area contributed by atoms with Crippen molar-refractivity contribution < 1.29 is 0 Å². The van der Waals surface area contributed by atoms with Crippen LogP contribution < -0.4 is 5.73 Å². The van der Waals surface area contributed by atoms with E-state index >= 15 is 0 Å². The summed E-state index contributed by atoms with van der Waals surface area (Å²) in [4.78, 5) is 0. The van der Waals surface area contributed by atoms with Gasteiger partial charge in [0.2, 0.25) is 0 Å². The molecule has 0 unspecified atom stereocenters. The van der Waals surface area contributed by atoms with Gasteiger partial charge in [-0.3, -0.25) is 0 Å². The molecule has 100 valence electrons. The lowest BCUT2D eigenvalue weighted by Crippen LogP contribution is -2.27. The molecule has 0 saturated heterocycles. The first kappa shape index (κ1) is 13.6. The predicted molar refractivity (Wildman–Crippen MR) is 78.8 cm³/mol. The highest BCUT2D eigenvalue weighted by Gasteiger charge is 2.19. The molecule has 0 bridgehead atoms. The Morgan fingerprint density at radius 1 is 1.00 bits per heavy atom. The third-order valence-electron chi connectivity index (χ3n) is 4.24. The zero-order chi connectivity index (χ0) is 13.2. The van der Waals surface area contributed by atoms with E-state index in [1.165, 1.54) is 43.2 Å². The number of nitrogens with two attached hydrogens (primary N) is 1. The van der Waals surface area contributed by atoms with Gasteiger partial charge in [-0.2, -0.15) is 0 Å². The zero-order valence-corrected chi connectivity index (χ0v) is 12.1. The second-order valence-corrected chi connectivity index (χ2v) is 6.93. The van der Waals surface area contributed by atoms with Gasteiger partial charge in [-0.25, -0.2) is 0 Å². The first-order valence-electron chi connectivity index (χ1n) is 7.30. The first-order chi connectivity index (χ1) is 8.45. The Balaban J connectivity index is 1.94. The Labute approximate surface area is 112 Å². The molecule has 0 heterocycles. The number of benzene rings is 1. The van der Waals surface area contributed by atoms with Gasteiger partial charge in [0.05, 0.1) is 0 Å². The summed E-state index contributed by atoms with van der Waals surface area (Å²) in [5.74, 6) is 0.852. The normalized spacial score (nSPS) is 25.1. The van der Waals surface area contributed by atoms with Crippen LogP contribution >= 0.6 is 0 Å². The van der Waals surface area contributed by atoms with Crippen LogP contribution in [0, 0.1) is 5.92 Å². The molecule has 1 aliphatic rings. The van der Waals surface area contributed by atoms with Crippen LogP contribution in [0.2, 0.25) is 0 Å². The Hall–Kier alpha value is -0.820. The largest absolute Gasteiger partial charge is 0.328 e. The van der Waals surface area contributed by atoms with E-state index in [2.05, 4.69) is 45.0 Å². The molecule has 1 fully saturated rings. The molecule has 1 aromatic rings. The van der Waals surface area contributed by atoms with Crippen molar-refractivity contribution in [3.05, 3.63) is 35.4 Å². The Morgan fingerprint density at radius 3 is 2.06 bits per heavy atom. The minimum absolute atomic E-state index is 0.260. The second-order valence-electron chi connectivity index (χ2n) is 6.93. The van der Waals surface area contributed by atoms with Gasteiger partial charge in [0.1, 0.15) is 0 Å². The van der Waals surface area contributed by atoms with Crippen molar-refractivity contribution in [2.24, 2.45) is 11.7 Å². The molecule has 1 saturated carbocycles. The summed E-state index contributed by atoms with van der Waals surface area (Å²) in [5, 5.41) is 0. The Bertz CT molecular complexity index is 364. The van der Waals surface area contributed by atoms with Crippen LogP contribution in [0.25, 0.3) is 0 Å². The van der Waals surface area contributed by atoms with Gasteiger partial charge in [-0.15, -0.1) is 0 Å². The van der Waals surface area contributed by atoms with E-state index in [-0.39, 0.29) is 5.41 Å². The second kappa shape index (κ2) is 5.44. The summed E-state index contributed by atoms with van der Waals surface area (Å²) in [5.41, 5.74) is 9.14. The van der Waals surface area contributed by atoms with Gasteiger partial charge in [-0.05, 0) is 54.6 Å². The van der Waals surface area contributed by atoms with Crippen LogP contribution in [0.3, 0.4) is 0 Å². The van der Waals surface area contributed by atoms with E-state index in [9.17, 15) is 0 Å². The fourth-order valence-electron chi connectivity index (χ4n) is 2.87. The first-order valence-corrected chi connectivity index (χ1v) is 7.30. The summed E-state index contributed by atoms with van der Waals surface area (Å²) in [6.07, 6.45) is 6.27. The van der Waals surface area contributed by atoms with E-state index < -0.39 is 0 Å². The number of hydrogen-bond acceptors (Lipinski definition) is 1. The van der Waals surface area contributed by atoms with Crippen LogP contribution in [0.1, 0.15) is 57.6 Å². The maximum atomic E-state index is 5.96. The highest BCUT2D eigenvalue weighted by Crippen LogP contribution is 2.28. The lowest BCUT2D eigenvalue weighted by molar-refractivity contribution is 0.325. The average molecular weight is 245 g/mol. The van der Waals surface area contributed by atoms with E-state index in [0.29, 0.717) is 6.04 Å². The van der Waals surface area contributed by atoms with Crippen LogP contribution in [-0.2, 0) is 11.8 Å². The van der Waals surface area contributed by atoms with Crippen molar-refractivity contribution in [1.29, 1.82) is 0 Å². The molecule has 0 radical (unpaired) electrons. The molecule has 2 N–H and O–H groups in total.